The Morgan fingerprint density at radius 3 is 1.54 bits per heavy atom. The van der Waals surface area contributed by atoms with Gasteiger partial charge in [-0.15, -0.1) is 0 Å². The van der Waals surface area contributed by atoms with Crippen molar-refractivity contribution in [1.29, 1.82) is 0 Å². The Kier molecular flexibility index (Phi) is 2.76. The van der Waals surface area contributed by atoms with Gasteiger partial charge >= 0.3 is 93.1 Å². The van der Waals surface area contributed by atoms with Gasteiger partial charge < -0.3 is 0 Å². The molecule has 0 aromatic heterocycles. The third-order valence-electron chi connectivity index (χ3n) is 1.34. The molecule has 0 aliphatic carbocycles. The summed E-state index contributed by atoms with van der Waals surface area (Å²) in [5, 5.41) is 9.00. The van der Waals surface area contributed by atoms with Gasteiger partial charge in [0.1, 0.15) is 0 Å². The van der Waals surface area contributed by atoms with Crippen LogP contribution in [-0.4, -0.2) is 15.4 Å². The standard InChI is InChI=1S/C6H5O.5ClH.Sb/c7-6-4-2-1-3-5-6;;;;;;/h2-5,7H;5*1H;/q;;;;;;+4/p-5. The molecule has 0 bridgehead atoms. The van der Waals surface area contributed by atoms with Crippen molar-refractivity contribution in [3.63, 3.8) is 0 Å². The van der Waals surface area contributed by atoms with E-state index >= 15 is 0 Å². The van der Waals surface area contributed by atoms with E-state index in [1.165, 1.54) is 24.3 Å². The first-order valence-corrected chi connectivity index (χ1v) is 20.6. The summed E-state index contributed by atoms with van der Waals surface area (Å²) in [7, 11) is 23.4. The van der Waals surface area contributed by atoms with Crippen LogP contribution in [0.3, 0.4) is 0 Å². The fourth-order valence-corrected chi connectivity index (χ4v) is 6.55. The minimum absolute atomic E-state index is 0.0578. The van der Waals surface area contributed by atoms with Gasteiger partial charge in [0.05, 0.1) is 0 Å². The molecule has 0 heterocycles. The summed E-state index contributed by atoms with van der Waals surface area (Å²) in [6, 6.07) is 5.52. The van der Waals surface area contributed by atoms with E-state index in [1.54, 1.807) is 0 Å². The number of benzene rings is 1. The summed E-state index contributed by atoms with van der Waals surface area (Å²) in [4.78, 5) is 0. The van der Waals surface area contributed by atoms with Crippen LogP contribution in [0, 0.1) is 0 Å². The molecule has 0 saturated heterocycles. The Morgan fingerprint density at radius 1 is 0.846 bits per heavy atom. The predicted molar refractivity (Wildman–Crippen MR) is 62.8 cm³/mol. The van der Waals surface area contributed by atoms with E-state index in [2.05, 4.69) is 0 Å². The Bertz CT molecular complexity index is 325. The Balaban J connectivity index is 3.34. The van der Waals surface area contributed by atoms with Gasteiger partial charge in [-0.25, -0.2) is 0 Å². The molecule has 13 heavy (non-hydrogen) atoms. The number of phenols is 1. The molecular formula is C6H5Cl5OSb-. The first-order chi connectivity index (χ1) is 5.49. The predicted octanol–water partition coefficient (Wildman–Crippen LogP) is 3.63. The quantitative estimate of drug-likeness (QED) is 0.724. The second kappa shape index (κ2) is 2.90. The van der Waals surface area contributed by atoms with Crippen LogP contribution in [0.1, 0.15) is 0 Å². The number of rotatable bonds is 1. The van der Waals surface area contributed by atoms with Crippen LogP contribution in [0.5, 0.6) is 5.75 Å². The maximum absolute atomic E-state index is 9.00. The van der Waals surface area contributed by atoms with Crippen molar-refractivity contribution in [2.24, 2.45) is 0 Å². The van der Waals surface area contributed by atoms with E-state index in [0.29, 0.717) is 0 Å². The molecule has 0 unspecified atom stereocenters. The van der Waals surface area contributed by atoms with Crippen LogP contribution >= 0.6 is 44.1 Å². The topological polar surface area (TPSA) is 20.2 Å². The van der Waals surface area contributed by atoms with Gasteiger partial charge in [-0.1, -0.05) is 0 Å². The normalized spacial score (nSPS) is 17.6. The third kappa shape index (κ3) is 3.74. The minimum atomic E-state index is -5.61. The van der Waals surface area contributed by atoms with Gasteiger partial charge in [-0.3, -0.25) is 0 Å². The van der Waals surface area contributed by atoms with Gasteiger partial charge in [0.2, 0.25) is 0 Å². The molecule has 0 radical (unpaired) electrons. The fourth-order valence-electron chi connectivity index (χ4n) is 0.734. The molecule has 76 valence electrons. The van der Waals surface area contributed by atoms with Crippen molar-refractivity contribution in [1.82, 2.24) is 0 Å². The summed E-state index contributed by atoms with van der Waals surface area (Å²) >= 11 is 0. The van der Waals surface area contributed by atoms with Crippen LogP contribution in [0.15, 0.2) is 24.3 Å². The first kappa shape index (κ1) is 12.4. The van der Waals surface area contributed by atoms with E-state index in [-0.39, 0.29) is 9.26 Å². The maximum atomic E-state index is 9.00. The molecule has 1 N–H and O–H groups in total. The Labute approximate surface area is 92.0 Å². The molecule has 1 rings (SSSR count). The zero-order valence-corrected chi connectivity index (χ0v) is 12.4. The van der Waals surface area contributed by atoms with Crippen LogP contribution in [0.4, 0.5) is 0 Å². The van der Waals surface area contributed by atoms with Crippen molar-refractivity contribution in [2.75, 3.05) is 0 Å². The van der Waals surface area contributed by atoms with Crippen molar-refractivity contribution < 1.29 is 5.11 Å². The second-order valence-electron chi connectivity index (χ2n) is 2.58. The molecule has 1 aromatic carbocycles. The summed E-state index contributed by atoms with van der Waals surface area (Å²) in [6.45, 7) is 0. The van der Waals surface area contributed by atoms with Crippen molar-refractivity contribution >= 4 is 57.9 Å². The second-order valence-corrected chi connectivity index (χ2v) is 50.1. The number of phenolic OH excluding ortho intramolecular Hbond substituents is 1. The Morgan fingerprint density at radius 2 is 1.23 bits per heavy atom. The van der Waals surface area contributed by atoms with E-state index in [1.807, 2.05) is 0 Å². The molecule has 0 saturated carbocycles. The van der Waals surface area contributed by atoms with Crippen molar-refractivity contribution in [3.05, 3.63) is 24.3 Å². The number of hydrogen-bond donors (Lipinski definition) is 1. The number of aromatic hydroxyl groups is 1. The van der Waals surface area contributed by atoms with Crippen LogP contribution in [-0.2, 0) is 0 Å². The molecule has 0 aliphatic rings. The Hall–Kier alpha value is 1.29. The molecule has 0 atom stereocenters. The molecule has 1 nitrogen and oxygen atoms in total. The van der Waals surface area contributed by atoms with Crippen LogP contribution < -0.4 is 3.51 Å². The summed E-state index contributed by atoms with van der Waals surface area (Å²) in [5.74, 6) is 0.0578. The van der Waals surface area contributed by atoms with Gasteiger partial charge in [0, 0.05) is 0 Å². The summed E-state index contributed by atoms with van der Waals surface area (Å²) < 4.78 is 0.236. The van der Waals surface area contributed by atoms with E-state index in [4.69, 9.17) is 49.3 Å². The SMILES string of the molecule is Oc1cc[c]([Sb-]([Cl])([Cl])([Cl])([Cl])[Cl])cc1. The summed E-state index contributed by atoms with van der Waals surface area (Å²) in [6.07, 6.45) is 0. The molecule has 0 fully saturated rings. The molecule has 0 spiro atoms. The van der Waals surface area contributed by atoms with Gasteiger partial charge in [-0.2, -0.15) is 0 Å². The fraction of sp³-hybridized carbons (Fsp3) is 0. The van der Waals surface area contributed by atoms with Crippen LogP contribution in [0.2, 0.25) is 0 Å². The molecular weight excluding hydrogens is 387 g/mol. The molecule has 1 aromatic rings. The zero-order chi connectivity index (χ0) is 10.4. The average molecular weight is 392 g/mol. The van der Waals surface area contributed by atoms with Crippen LogP contribution in [0.25, 0.3) is 0 Å². The monoisotopic (exact) mass is 389 g/mol. The van der Waals surface area contributed by atoms with E-state index in [9.17, 15) is 0 Å². The van der Waals surface area contributed by atoms with Crippen molar-refractivity contribution in [3.8, 4) is 5.75 Å². The van der Waals surface area contributed by atoms with E-state index in [0.717, 1.165) is 0 Å². The van der Waals surface area contributed by atoms with E-state index < -0.39 is 10.3 Å². The van der Waals surface area contributed by atoms with Gasteiger partial charge in [-0.05, 0) is 0 Å². The van der Waals surface area contributed by atoms with Gasteiger partial charge in [0.25, 0.3) is 0 Å². The third-order valence-corrected chi connectivity index (χ3v) is 11.5. The molecule has 0 aliphatic heterocycles. The first-order valence-electron chi connectivity index (χ1n) is 3.11. The summed E-state index contributed by atoms with van der Waals surface area (Å²) in [5.41, 5.74) is 0. The number of halogens is 5. The molecule has 0 amide bonds. The average Bonchev–Trinajstić information content (AvgIpc) is 1.82. The zero-order valence-electron chi connectivity index (χ0n) is 6.09. The molecule has 7 heteroatoms. The van der Waals surface area contributed by atoms with Gasteiger partial charge in [0.15, 0.2) is 0 Å². The van der Waals surface area contributed by atoms with Crippen molar-refractivity contribution in [2.45, 2.75) is 0 Å². The number of hydrogen-bond acceptors (Lipinski definition) is 1.